The molecule has 7 nitrogen and oxygen atoms in total. The van der Waals surface area contributed by atoms with E-state index < -0.39 is 0 Å². The van der Waals surface area contributed by atoms with E-state index in [9.17, 15) is 9.90 Å². The molecule has 4 N–H and O–H groups in total. The van der Waals surface area contributed by atoms with Crippen molar-refractivity contribution in [2.75, 3.05) is 37.6 Å². The highest BCUT2D eigenvalue weighted by Gasteiger charge is 2.20. The molecule has 8 heteroatoms. The first-order chi connectivity index (χ1) is 15.2. The normalized spacial score (nSPS) is 16.1. The molecule has 0 aliphatic carbocycles. The second-order valence-corrected chi connectivity index (χ2v) is 7.69. The van der Waals surface area contributed by atoms with Gasteiger partial charge in [-0.05, 0) is 56.5 Å². The van der Waals surface area contributed by atoms with Crippen LogP contribution in [0.5, 0.6) is 5.75 Å². The SMILES string of the molecule is CCNC(=NCCCNC(=O)c1cccc(O)c1)NC1CCCN(c2ccccc2)C1.I. The largest absolute Gasteiger partial charge is 0.508 e. The van der Waals surface area contributed by atoms with E-state index in [1.807, 2.05) is 6.07 Å². The molecule has 1 saturated heterocycles. The lowest BCUT2D eigenvalue weighted by Gasteiger charge is -2.35. The van der Waals surface area contributed by atoms with Crippen LogP contribution in [0, 0.1) is 0 Å². The number of nitrogens with zero attached hydrogens (tertiary/aromatic N) is 2. The van der Waals surface area contributed by atoms with Crippen LogP contribution < -0.4 is 20.9 Å². The van der Waals surface area contributed by atoms with Gasteiger partial charge < -0.3 is 26.0 Å². The smallest absolute Gasteiger partial charge is 0.251 e. The molecule has 1 heterocycles. The summed E-state index contributed by atoms with van der Waals surface area (Å²) in [4.78, 5) is 19.2. The van der Waals surface area contributed by atoms with Gasteiger partial charge in [-0.15, -0.1) is 24.0 Å². The van der Waals surface area contributed by atoms with Crippen molar-refractivity contribution in [2.24, 2.45) is 4.99 Å². The first-order valence-electron chi connectivity index (χ1n) is 11.1. The van der Waals surface area contributed by atoms with Crippen LogP contribution in [0.2, 0.25) is 0 Å². The maximum atomic E-state index is 12.1. The third kappa shape index (κ3) is 8.22. The summed E-state index contributed by atoms with van der Waals surface area (Å²) in [5, 5.41) is 19.2. The second-order valence-electron chi connectivity index (χ2n) is 7.69. The van der Waals surface area contributed by atoms with E-state index in [4.69, 9.17) is 0 Å². The number of guanidine groups is 1. The number of phenols is 1. The van der Waals surface area contributed by atoms with Crippen LogP contribution in [0.25, 0.3) is 0 Å². The zero-order chi connectivity index (χ0) is 21.9. The Morgan fingerprint density at radius 2 is 1.97 bits per heavy atom. The van der Waals surface area contributed by atoms with E-state index in [0.29, 0.717) is 24.7 Å². The molecule has 32 heavy (non-hydrogen) atoms. The van der Waals surface area contributed by atoms with Gasteiger partial charge >= 0.3 is 0 Å². The molecule has 0 bridgehead atoms. The van der Waals surface area contributed by atoms with Gasteiger partial charge in [0.05, 0.1) is 0 Å². The molecular weight excluding hydrogens is 517 g/mol. The number of halogens is 1. The number of benzene rings is 2. The van der Waals surface area contributed by atoms with Crippen molar-refractivity contribution in [3.63, 3.8) is 0 Å². The predicted molar refractivity (Wildman–Crippen MR) is 141 cm³/mol. The second kappa shape index (κ2) is 13.8. The van der Waals surface area contributed by atoms with Crippen molar-refractivity contribution in [1.82, 2.24) is 16.0 Å². The van der Waals surface area contributed by atoms with Crippen molar-refractivity contribution in [3.05, 3.63) is 60.2 Å². The van der Waals surface area contributed by atoms with Gasteiger partial charge in [-0.2, -0.15) is 0 Å². The first kappa shape index (κ1) is 25.8. The maximum absolute atomic E-state index is 12.1. The highest BCUT2D eigenvalue weighted by atomic mass is 127. The highest BCUT2D eigenvalue weighted by Crippen LogP contribution is 2.19. The van der Waals surface area contributed by atoms with E-state index in [1.54, 1.807) is 18.2 Å². The number of aliphatic imine (C=N–C) groups is 1. The fourth-order valence-corrected chi connectivity index (χ4v) is 3.70. The van der Waals surface area contributed by atoms with Crippen molar-refractivity contribution >= 4 is 41.5 Å². The van der Waals surface area contributed by atoms with Gasteiger partial charge in [0.15, 0.2) is 5.96 Å². The van der Waals surface area contributed by atoms with Crippen LogP contribution in [0.15, 0.2) is 59.6 Å². The number of aromatic hydroxyl groups is 1. The molecule has 0 radical (unpaired) electrons. The van der Waals surface area contributed by atoms with Gasteiger partial charge in [0.2, 0.25) is 0 Å². The minimum absolute atomic E-state index is 0. The Kier molecular flexibility index (Phi) is 11.1. The van der Waals surface area contributed by atoms with Gasteiger partial charge in [0.25, 0.3) is 5.91 Å². The number of piperidine rings is 1. The van der Waals surface area contributed by atoms with Crippen LogP contribution in [0.3, 0.4) is 0 Å². The number of nitrogens with one attached hydrogen (secondary N) is 3. The molecule has 1 unspecified atom stereocenters. The van der Waals surface area contributed by atoms with Crippen molar-refractivity contribution in [2.45, 2.75) is 32.2 Å². The number of rotatable bonds is 8. The zero-order valence-corrected chi connectivity index (χ0v) is 20.9. The number of carbonyl (C=O) groups is 1. The Balaban J connectivity index is 0.00000363. The summed E-state index contributed by atoms with van der Waals surface area (Å²) in [7, 11) is 0. The topological polar surface area (TPSA) is 89.0 Å². The minimum atomic E-state index is -0.187. The molecule has 0 saturated carbocycles. The van der Waals surface area contributed by atoms with Crippen LogP contribution in [-0.4, -0.2) is 55.7 Å². The fraction of sp³-hybridized carbons (Fsp3) is 0.417. The Morgan fingerprint density at radius 1 is 1.16 bits per heavy atom. The van der Waals surface area contributed by atoms with E-state index in [0.717, 1.165) is 44.9 Å². The van der Waals surface area contributed by atoms with Crippen molar-refractivity contribution < 1.29 is 9.90 Å². The number of phenolic OH excluding ortho intramolecular Hbond substituents is 1. The predicted octanol–water partition coefficient (Wildman–Crippen LogP) is 3.35. The van der Waals surface area contributed by atoms with Crippen LogP contribution in [0.1, 0.15) is 36.5 Å². The summed E-state index contributed by atoms with van der Waals surface area (Å²) in [5.74, 6) is 0.724. The molecule has 1 fully saturated rings. The average Bonchev–Trinajstić information content (AvgIpc) is 2.79. The van der Waals surface area contributed by atoms with E-state index in [2.05, 4.69) is 57.0 Å². The number of para-hydroxylation sites is 1. The molecule has 1 amide bonds. The van der Waals surface area contributed by atoms with E-state index in [1.165, 1.54) is 11.8 Å². The average molecular weight is 551 g/mol. The number of carbonyl (C=O) groups excluding carboxylic acids is 1. The molecule has 0 spiro atoms. The van der Waals surface area contributed by atoms with Gasteiger partial charge in [-0.25, -0.2) is 0 Å². The summed E-state index contributed by atoms with van der Waals surface area (Å²) in [5.41, 5.74) is 1.72. The Hall–Kier alpha value is -2.49. The Bertz CT molecular complexity index is 862. The van der Waals surface area contributed by atoms with E-state index in [-0.39, 0.29) is 35.6 Å². The summed E-state index contributed by atoms with van der Waals surface area (Å²) in [6.07, 6.45) is 3.00. The van der Waals surface area contributed by atoms with Crippen LogP contribution >= 0.6 is 24.0 Å². The molecule has 1 aliphatic heterocycles. The third-order valence-electron chi connectivity index (χ3n) is 5.23. The molecule has 2 aromatic carbocycles. The van der Waals surface area contributed by atoms with E-state index >= 15 is 0 Å². The lowest BCUT2D eigenvalue weighted by atomic mass is 10.1. The van der Waals surface area contributed by atoms with Crippen LogP contribution in [-0.2, 0) is 0 Å². The molecule has 2 aromatic rings. The molecule has 3 rings (SSSR count). The number of hydrogen-bond acceptors (Lipinski definition) is 4. The number of amides is 1. The lowest BCUT2D eigenvalue weighted by Crippen LogP contribution is -2.51. The number of anilines is 1. The minimum Gasteiger partial charge on any atom is -0.508 e. The fourth-order valence-electron chi connectivity index (χ4n) is 3.70. The van der Waals surface area contributed by atoms with Gasteiger partial charge in [0, 0.05) is 50.0 Å². The summed E-state index contributed by atoms with van der Waals surface area (Å²) < 4.78 is 0. The summed E-state index contributed by atoms with van der Waals surface area (Å²) in [6.45, 7) is 6.04. The quantitative estimate of drug-likeness (QED) is 0.175. The molecule has 1 aliphatic rings. The third-order valence-corrected chi connectivity index (χ3v) is 5.23. The zero-order valence-electron chi connectivity index (χ0n) is 18.6. The lowest BCUT2D eigenvalue weighted by molar-refractivity contribution is 0.0953. The molecule has 0 aromatic heterocycles. The van der Waals surface area contributed by atoms with Gasteiger partial charge in [-0.1, -0.05) is 24.3 Å². The number of hydrogen-bond donors (Lipinski definition) is 4. The van der Waals surface area contributed by atoms with Crippen molar-refractivity contribution in [3.8, 4) is 5.75 Å². The monoisotopic (exact) mass is 551 g/mol. The standard InChI is InChI=1S/C24H33N5O2.HI/c1-2-25-24(27-15-8-14-26-23(31)19-9-6-13-22(30)17-19)28-20-10-7-16-29(18-20)21-11-4-3-5-12-21;/h3-6,9,11-13,17,20,30H,2,7-8,10,14-16,18H2,1H3,(H,26,31)(H2,25,27,28);1H. The summed E-state index contributed by atoms with van der Waals surface area (Å²) in [6, 6.07) is 17.2. The first-order valence-corrected chi connectivity index (χ1v) is 11.1. The van der Waals surface area contributed by atoms with Crippen LogP contribution in [0.4, 0.5) is 5.69 Å². The van der Waals surface area contributed by atoms with Crippen molar-refractivity contribution in [1.29, 1.82) is 0 Å². The Labute approximate surface area is 207 Å². The van der Waals surface area contributed by atoms with Gasteiger partial charge in [0.1, 0.15) is 5.75 Å². The Morgan fingerprint density at radius 3 is 2.72 bits per heavy atom. The maximum Gasteiger partial charge on any atom is 0.251 e. The summed E-state index contributed by atoms with van der Waals surface area (Å²) >= 11 is 0. The molecule has 174 valence electrons. The molecule has 1 atom stereocenters. The highest BCUT2D eigenvalue weighted by molar-refractivity contribution is 14.0. The van der Waals surface area contributed by atoms with Gasteiger partial charge in [-0.3, -0.25) is 9.79 Å². The molecular formula is C24H34IN5O2.